The molecule has 1 atom stereocenters. The molecule has 17 heavy (non-hydrogen) atoms. The lowest BCUT2D eigenvalue weighted by Gasteiger charge is -2.13. The van der Waals surface area contributed by atoms with E-state index >= 15 is 0 Å². The lowest BCUT2D eigenvalue weighted by atomic mass is 10.00. The molecule has 0 aliphatic rings. The number of nitrogens with two attached hydrogens (primary N) is 1. The number of benzene rings is 1. The maximum absolute atomic E-state index is 13.5. The normalized spacial score (nSPS) is 12.5. The molecule has 1 unspecified atom stereocenters. The van der Waals surface area contributed by atoms with Gasteiger partial charge < -0.3 is 5.73 Å². The van der Waals surface area contributed by atoms with Crippen molar-refractivity contribution in [3.05, 3.63) is 65.2 Å². The average Bonchev–Trinajstić information content (AvgIpc) is 2.28. The van der Waals surface area contributed by atoms with Gasteiger partial charge in [0.05, 0.1) is 6.04 Å². The van der Waals surface area contributed by atoms with Crippen molar-refractivity contribution in [3.8, 4) is 0 Å². The summed E-state index contributed by atoms with van der Waals surface area (Å²) in [5, 5.41) is 0. The monoisotopic (exact) mass is 238 g/mol. The van der Waals surface area contributed by atoms with Gasteiger partial charge in [-0.1, -0.05) is 6.07 Å². The summed E-state index contributed by atoms with van der Waals surface area (Å²) in [6.07, 6.45) is 2.93. The Balaban J connectivity index is 2.48. The van der Waals surface area contributed by atoms with Crippen molar-refractivity contribution < 1.29 is 13.2 Å². The quantitative estimate of drug-likeness (QED) is 0.873. The summed E-state index contributed by atoms with van der Waals surface area (Å²) < 4.78 is 39.7. The lowest BCUT2D eigenvalue weighted by molar-refractivity contribution is 0.515. The van der Waals surface area contributed by atoms with Crippen molar-refractivity contribution in [3.63, 3.8) is 0 Å². The van der Waals surface area contributed by atoms with Gasteiger partial charge in [-0.25, -0.2) is 13.2 Å². The highest BCUT2D eigenvalue weighted by Crippen LogP contribution is 2.25. The summed E-state index contributed by atoms with van der Waals surface area (Å²) in [6, 6.07) is 3.40. The van der Waals surface area contributed by atoms with Crippen molar-refractivity contribution in [2.75, 3.05) is 0 Å². The minimum Gasteiger partial charge on any atom is -0.320 e. The summed E-state index contributed by atoms with van der Waals surface area (Å²) in [6.45, 7) is 0. The first-order chi connectivity index (χ1) is 8.09. The summed E-state index contributed by atoms with van der Waals surface area (Å²) in [4.78, 5) is 3.81. The molecule has 88 valence electrons. The van der Waals surface area contributed by atoms with Crippen LogP contribution in [-0.4, -0.2) is 4.98 Å². The highest BCUT2D eigenvalue weighted by Gasteiger charge is 2.19. The topological polar surface area (TPSA) is 38.9 Å². The van der Waals surface area contributed by atoms with Crippen LogP contribution in [0, 0.1) is 17.5 Å². The number of aromatic nitrogens is 1. The first-order valence-electron chi connectivity index (χ1n) is 4.89. The molecular weight excluding hydrogens is 229 g/mol. The average molecular weight is 238 g/mol. The lowest BCUT2D eigenvalue weighted by Crippen LogP contribution is -2.16. The Morgan fingerprint density at radius 1 is 1.12 bits per heavy atom. The predicted molar refractivity (Wildman–Crippen MR) is 56.6 cm³/mol. The molecule has 0 saturated heterocycles. The molecule has 0 bridgehead atoms. The molecule has 0 aliphatic carbocycles. The molecule has 2 aromatic rings. The fourth-order valence-electron chi connectivity index (χ4n) is 1.58. The molecule has 2 nitrogen and oxygen atoms in total. The van der Waals surface area contributed by atoms with Crippen LogP contribution in [0.5, 0.6) is 0 Å². The summed E-state index contributed by atoms with van der Waals surface area (Å²) in [5.74, 6) is -2.97. The van der Waals surface area contributed by atoms with E-state index in [4.69, 9.17) is 5.73 Å². The molecule has 5 heteroatoms. The third-order valence-electron chi connectivity index (χ3n) is 2.40. The van der Waals surface area contributed by atoms with Crippen molar-refractivity contribution in [1.29, 1.82) is 0 Å². The number of halogens is 3. The molecule has 1 aromatic carbocycles. The van der Waals surface area contributed by atoms with Crippen molar-refractivity contribution in [2.45, 2.75) is 6.04 Å². The molecule has 2 N–H and O–H groups in total. The first-order valence-corrected chi connectivity index (χ1v) is 4.89. The zero-order chi connectivity index (χ0) is 12.4. The molecule has 0 amide bonds. The fraction of sp³-hybridized carbons (Fsp3) is 0.0833. The zero-order valence-corrected chi connectivity index (χ0v) is 8.70. The molecular formula is C12H9F3N2. The Labute approximate surface area is 95.9 Å². The van der Waals surface area contributed by atoms with Crippen LogP contribution in [0.15, 0.2) is 36.7 Å². The molecule has 0 fully saturated rings. The molecule has 0 saturated carbocycles. The van der Waals surface area contributed by atoms with Gasteiger partial charge in [-0.15, -0.1) is 0 Å². The van der Waals surface area contributed by atoms with Gasteiger partial charge in [0.2, 0.25) is 0 Å². The van der Waals surface area contributed by atoms with Crippen LogP contribution in [0.2, 0.25) is 0 Å². The highest BCUT2D eigenvalue weighted by molar-refractivity contribution is 5.32. The number of hydrogen-bond donors (Lipinski definition) is 1. The van der Waals surface area contributed by atoms with Gasteiger partial charge in [0.1, 0.15) is 17.5 Å². The second-order valence-electron chi connectivity index (χ2n) is 3.55. The van der Waals surface area contributed by atoms with Gasteiger partial charge in [-0.05, 0) is 11.6 Å². The maximum atomic E-state index is 13.5. The van der Waals surface area contributed by atoms with E-state index < -0.39 is 23.5 Å². The highest BCUT2D eigenvalue weighted by atomic mass is 19.1. The van der Waals surface area contributed by atoms with E-state index in [1.165, 1.54) is 12.4 Å². The zero-order valence-electron chi connectivity index (χ0n) is 8.70. The molecule has 1 heterocycles. The maximum Gasteiger partial charge on any atom is 0.134 e. The van der Waals surface area contributed by atoms with Gasteiger partial charge in [-0.2, -0.15) is 0 Å². The van der Waals surface area contributed by atoms with E-state index in [9.17, 15) is 13.2 Å². The predicted octanol–water partition coefficient (Wildman–Crippen LogP) is 2.55. The Hall–Kier alpha value is -1.88. The van der Waals surface area contributed by atoms with Gasteiger partial charge in [-0.3, -0.25) is 4.98 Å². The Morgan fingerprint density at radius 2 is 1.76 bits per heavy atom. The van der Waals surface area contributed by atoms with E-state index in [2.05, 4.69) is 4.98 Å². The third kappa shape index (κ3) is 2.29. The number of nitrogens with zero attached hydrogens (tertiary/aromatic N) is 1. The van der Waals surface area contributed by atoms with E-state index in [1.54, 1.807) is 12.1 Å². The molecule has 0 radical (unpaired) electrons. The molecule has 1 aromatic heterocycles. The van der Waals surface area contributed by atoms with Gasteiger partial charge >= 0.3 is 0 Å². The second kappa shape index (κ2) is 4.55. The van der Waals surface area contributed by atoms with Gasteiger partial charge in [0.25, 0.3) is 0 Å². The first kappa shape index (κ1) is 11.6. The minimum atomic E-state index is -1.01. The number of rotatable bonds is 2. The fourth-order valence-corrected chi connectivity index (χ4v) is 1.58. The van der Waals surface area contributed by atoms with E-state index in [0.29, 0.717) is 17.7 Å². The molecule has 0 aliphatic heterocycles. The SMILES string of the molecule is NC(c1cccnc1)c1c(F)cc(F)cc1F. The van der Waals surface area contributed by atoms with Crippen LogP contribution in [0.3, 0.4) is 0 Å². The van der Waals surface area contributed by atoms with Crippen molar-refractivity contribution in [2.24, 2.45) is 5.73 Å². The van der Waals surface area contributed by atoms with E-state index in [-0.39, 0.29) is 5.56 Å². The van der Waals surface area contributed by atoms with Crippen LogP contribution in [0.4, 0.5) is 13.2 Å². The van der Waals surface area contributed by atoms with Crippen LogP contribution in [-0.2, 0) is 0 Å². The van der Waals surface area contributed by atoms with Crippen molar-refractivity contribution >= 4 is 0 Å². The van der Waals surface area contributed by atoms with Crippen LogP contribution in [0.1, 0.15) is 17.2 Å². The Bertz CT molecular complexity index is 506. The smallest absolute Gasteiger partial charge is 0.134 e. The van der Waals surface area contributed by atoms with Crippen LogP contribution >= 0.6 is 0 Å². The molecule has 2 rings (SSSR count). The minimum absolute atomic E-state index is 0.362. The second-order valence-corrected chi connectivity index (χ2v) is 3.55. The summed E-state index contributed by atoms with van der Waals surface area (Å²) in [5.41, 5.74) is 5.82. The van der Waals surface area contributed by atoms with E-state index in [0.717, 1.165) is 0 Å². The Morgan fingerprint density at radius 3 is 2.29 bits per heavy atom. The van der Waals surface area contributed by atoms with E-state index in [1.807, 2.05) is 0 Å². The van der Waals surface area contributed by atoms with Gasteiger partial charge in [0, 0.05) is 30.1 Å². The third-order valence-corrected chi connectivity index (χ3v) is 2.40. The van der Waals surface area contributed by atoms with Crippen molar-refractivity contribution in [1.82, 2.24) is 4.98 Å². The number of pyridine rings is 1. The summed E-state index contributed by atoms with van der Waals surface area (Å²) >= 11 is 0. The summed E-state index contributed by atoms with van der Waals surface area (Å²) in [7, 11) is 0. The largest absolute Gasteiger partial charge is 0.320 e. The number of hydrogen-bond acceptors (Lipinski definition) is 2. The van der Waals surface area contributed by atoms with Gasteiger partial charge in [0.15, 0.2) is 0 Å². The Kier molecular flexibility index (Phi) is 3.10. The van der Waals surface area contributed by atoms with Crippen LogP contribution in [0.25, 0.3) is 0 Å². The molecule has 0 spiro atoms. The standard InChI is InChI=1S/C12H9F3N2/c13-8-4-9(14)11(10(15)5-8)12(16)7-2-1-3-17-6-7/h1-6,12H,16H2. The van der Waals surface area contributed by atoms with Crippen LogP contribution < -0.4 is 5.73 Å².